The van der Waals surface area contributed by atoms with Gasteiger partial charge in [0.25, 0.3) is 5.91 Å². The van der Waals surface area contributed by atoms with Crippen LogP contribution in [0.5, 0.6) is 5.75 Å². The van der Waals surface area contributed by atoms with Crippen LogP contribution in [0.15, 0.2) is 65.1 Å². The number of ether oxygens (including phenoxy) is 1. The van der Waals surface area contributed by atoms with Crippen LogP contribution in [0.1, 0.15) is 22.8 Å². The number of fused-ring (bicyclic) bond motifs is 1. The summed E-state index contributed by atoms with van der Waals surface area (Å²) in [5.41, 5.74) is 3.05. The maximum Gasteiger partial charge on any atom is 0.270 e. The first kappa shape index (κ1) is 17.7. The number of benzene rings is 2. The molecule has 0 aliphatic carbocycles. The summed E-state index contributed by atoms with van der Waals surface area (Å²) in [5, 5.41) is 0. The standard InChI is InChI=1S/C21H15NO3S2/c1-13(23)15-6-4-7-17(11-15)22-20(24)19(27-21(22)26)10-14-9-16-5-2-3-8-18(16)25-12-14/h2-11H,12H2,1H3/b19-10+. The summed E-state index contributed by atoms with van der Waals surface area (Å²) in [5.74, 6) is 0.592. The van der Waals surface area contributed by atoms with Crippen molar-refractivity contribution in [1.82, 2.24) is 0 Å². The van der Waals surface area contributed by atoms with Gasteiger partial charge in [0.05, 0.1) is 10.6 Å². The number of thioether (sulfide) groups is 1. The molecule has 1 amide bonds. The number of rotatable bonds is 3. The Morgan fingerprint density at radius 1 is 1.22 bits per heavy atom. The van der Waals surface area contributed by atoms with E-state index in [-0.39, 0.29) is 11.7 Å². The van der Waals surface area contributed by atoms with Crippen molar-refractivity contribution in [3.05, 3.63) is 76.2 Å². The molecule has 0 atom stereocenters. The Hall–Kier alpha value is -2.70. The number of thiocarbonyl (C=S) groups is 1. The van der Waals surface area contributed by atoms with Crippen molar-refractivity contribution in [3.63, 3.8) is 0 Å². The van der Waals surface area contributed by atoms with E-state index >= 15 is 0 Å². The van der Waals surface area contributed by atoms with Gasteiger partial charge in [-0.1, -0.05) is 54.3 Å². The van der Waals surface area contributed by atoms with Crippen LogP contribution in [-0.2, 0) is 4.79 Å². The van der Waals surface area contributed by atoms with Crippen molar-refractivity contribution >= 4 is 51.8 Å². The first-order chi connectivity index (χ1) is 13.0. The van der Waals surface area contributed by atoms with Crippen molar-refractivity contribution in [1.29, 1.82) is 0 Å². The Morgan fingerprint density at radius 3 is 2.85 bits per heavy atom. The second kappa shape index (κ2) is 7.13. The predicted octanol–water partition coefficient (Wildman–Crippen LogP) is 4.61. The molecule has 4 rings (SSSR count). The normalized spacial score (nSPS) is 17.6. The van der Waals surface area contributed by atoms with Gasteiger partial charge < -0.3 is 4.74 Å². The predicted molar refractivity (Wildman–Crippen MR) is 112 cm³/mol. The molecule has 4 nitrogen and oxygen atoms in total. The average molecular weight is 393 g/mol. The van der Waals surface area contributed by atoms with E-state index in [1.807, 2.05) is 36.4 Å². The van der Waals surface area contributed by atoms with Crippen molar-refractivity contribution < 1.29 is 14.3 Å². The van der Waals surface area contributed by atoms with Gasteiger partial charge in [-0.05, 0) is 42.8 Å². The lowest BCUT2D eigenvalue weighted by molar-refractivity contribution is -0.113. The Morgan fingerprint density at radius 2 is 2.04 bits per heavy atom. The molecule has 0 N–H and O–H groups in total. The number of nitrogens with zero attached hydrogens (tertiary/aromatic N) is 1. The number of hydrogen-bond acceptors (Lipinski definition) is 5. The molecular weight excluding hydrogens is 378 g/mol. The van der Waals surface area contributed by atoms with Gasteiger partial charge in [-0.3, -0.25) is 14.5 Å². The summed E-state index contributed by atoms with van der Waals surface area (Å²) in [6.07, 6.45) is 3.84. The van der Waals surface area contributed by atoms with E-state index in [4.69, 9.17) is 17.0 Å². The molecule has 1 fully saturated rings. The lowest BCUT2D eigenvalue weighted by Gasteiger charge is -2.16. The van der Waals surface area contributed by atoms with Gasteiger partial charge in [0.1, 0.15) is 12.4 Å². The van der Waals surface area contributed by atoms with Crippen LogP contribution in [0.25, 0.3) is 6.08 Å². The van der Waals surface area contributed by atoms with E-state index in [0.717, 1.165) is 16.9 Å². The van der Waals surface area contributed by atoms with Gasteiger partial charge in [0.2, 0.25) is 0 Å². The van der Waals surface area contributed by atoms with Crippen LogP contribution in [-0.4, -0.2) is 22.6 Å². The largest absolute Gasteiger partial charge is 0.488 e. The molecular formula is C21H15NO3S2. The maximum atomic E-state index is 12.9. The van der Waals surface area contributed by atoms with Crippen molar-refractivity contribution in [3.8, 4) is 5.75 Å². The molecule has 0 unspecified atom stereocenters. The van der Waals surface area contributed by atoms with Gasteiger partial charge in [-0.2, -0.15) is 0 Å². The van der Waals surface area contributed by atoms with Crippen LogP contribution >= 0.6 is 24.0 Å². The monoisotopic (exact) mass is 393 g/mol. The van der Waals surface area contributed by atoms with E-state index in [1.165, 1.54) is 23.6 Å². The Labute approximate surface area is 166 Å². The number of Topliss-reactive ketones (excluding diaryl/α,β-unsaturated/α-hetero) is 1. The fourth-order valence-corrected chi connectivity index (χ4v) is 4.25. The lowest BCUT2D eigenvalue weighted by atomic mass is 10.1. The third kappa shape index (κ3) is 3.46. The number of hydrogen-bond donors (Lipinski definition) is 0. The molecule has 2 aromatic carbocycles. The zero-order valence-electron chi connectivity index (χ0n) is 14.5. The van der Waals surface area contributed by atoms with Gasteiger partial charge >= 0.3 is 0 Å². The van der Waals surface area contributed by atoms with Crippen LogP contribution in [0.3, 0.4) is 0 Å². The van der Waals surface area contributed by atoms with Crippen LogP contribution < -0.4 is 9.64 Å². The quantitative estimate of drug-likeness (QED) is 0.433. The molecule has 6 heteroatoms. The number of carbonyl (C=O) groups is 2. The number of carbonyl (C=O) groups excluding carboxylic acids is 2. The molecule has 0 saturated carbocycles. The van der Waals surface area contributed by atoms with Gasteiger partial charge in [-0.25, -0.2) is 0 Å². The molecule has 27 heavy (non-hydrogen) atoms. The van der Waals surface area contributed by atoms with Crippen LogP contribution in [0.4, 0.5) is 5.69 Å². The zero-order valence-corrected chi connectivity index (χ0v) is 16.1. The van der Waals surface area contributed by atoms with Gasteiger partial charge in [0.15, 0.2) is 10.1 Å². The summed E-state index contributed by atoms with van der Waals surface area (Å²) in [7, 11) is 0. The number of para-hydroxylation sites is 1. The lowest BCUT2D eigenvalue weighted by Crippen LogP contribution is -2.27. The van der Waals surface area contributed by atoms with Crippen molar-refractivity contribution in [2.45, 2.75) is 6.92 Å². The minimum absolute atomic E-state index is 0.0546. The molecule has 0 radical (unpaired) electrons. The highest BCUT2D eigenvalue weighted by Crippen LogP contribution is 2.37. The van der Waals surface area contributed by atoms with Crippen LogP contribution in [0, 0.1) is 0 Å². The third-order valence-corrected chi connectivity index (χ3v) is 5.58. The van der Waals surface area contributed by atoms with Crippen molar-refractivity contribution in [2.24, 2.45) is 0 Å². The molecule has 1 saturated heterocycles. The van der Waals surface area contributed by atoms with E-state index in [9.17, 15) is 9.59 Å². The maximum absolute atomic E-state index is 12.9. The molecule has 2 aliphatic heterocycles. The van der Waals surface area contributed by atoms with E-state index < -0.39 is 0 Å². The number of amides is 1. The molecule has 0 spiro atoms. The Kier molecular flexibility index (Phi) is 4.68. The summed E-state index contributed by atoms with van der Waals surface area (Å²) < 4.78 is 6.19. The second-order valence-electron chi connectivity index (χ2n) is 6.17. The number of anilines is 1. The smallest absolute Gasteiger partial charge is 0.270 e. The third-order valence-electron chi connectivity index (χ3n) is 4.28. The van der Waals surface area contributed by atoms with Crippen LogP contribution in [0.2, 0.25) is 0 Å². The second-order valence-corrected chi connectivity index (χ2v) is 7.85. The molecule has 0 aromatic heterocycles. The fraction of sp³-hybridized carbons (Fsp3) is 0.0952. The van der Waals surface area contributed by atoms with Gasteiger partial charge in [0, 0.05) is 11.1 Å². The summed E-state index contributed by atoms with van der Waals surface area (Å²) in [4.78, 5) is 26.6. The highest BCUT2D eigenvalue weighted by Gasteiger charge is 2.33. The Balaban J connectivity index is 1.64. The summed E-state index contributed by atoms with van der Waals surface area (Å²) in [6, 6.07) is 14.7. The average Bonchev–Trinajstić information content (AvgIpc) is 2.95. The molecule has 2 aliphatic rings. The van der Waals surface area contributed by atoms with Crippen molar-refractivity contribution in [2.75, 3.05) is 11.5 Å². The molecule has 2 heterocycles. The van der Waals surface area contributed by atoms with Gasteiger partial charge in [-0.15, -0.1) is 0 Å². The molecule has 134 valence electrons. The zero-order chi connectivity index (χ0) is 19.0. The Bertz CT molecular complexity index is 1040. The summed E-state index contributed by atoms with van der Waals surface area (Å²) >= 11 is 6.66. The number of ketones is 1. The van der Waals surface area contributed by atoms with E-state index in [0.29, 0.717) is 27.1 Å². The highest BCUT2D eigenvalue weighted by molar-refractivity contribution is 8.27. The topological polar surface area (TPSA) is 46.6 Å². The highest BCUT2D eigenvalue weighted by atomic mass is 32.2. The summed E-state index contributed by atoms with van der Waals surface area (Å²) in [6.45, 7) is 1.90. The minimum atomic E-state index is -0.189. The minimum Gasteiger partial charge on any atom is -0.488 e. The fourth-order valence-electron chi connectivity index (χ4n) is 2.94. The first-order valence-electron chi connectivity index (χ1n) is 8.34. The SMILES string of the molecule is CC(=O)c1cccc(N2C(=O)/C(=C\C3=Cc4ccccc4OC3)SC2=S)c1. The molecule has 0 bridgehead atoms. The van der Waals surface area contributed by atoms with E-state index in [1.54, 1.807) is 24.3 Å². The first-order valence-corrected chi connectivity index (χ1v) is 9.57. The molecule has 2 aromatic rings. The van der Waals surface area contributed by atoms with E-state index in [2.05, 4.69) is 0 Å².